The largest absolute Gasteiger partial charge is 0.496 e. The quantitative estimate of drug-likeness (QED) is 0.803. The standard InChI is InChI=1S/C14H18N2O/c1-17-14-10-11(6-4-5-9-15)16-13-8-3-2-7-12(13)14/h2-3,7-8,10H,4-6,9,15H2,1H3. The van der Waals surface area contributed by atoms with Crippen molar-refractivity contribution in [1.82, 2.24) is 4.98 Å². The number of benzene rings is 1. The van der Waals surface area contributed by atoms with Gasteiger partial charge in [0.1, 0.15) is 5.75 Å². The van der Waals surface area contributed by atoms with Crippen LogP contribution in [-0.4, -0.2) is 18.6 Å². The summed E-state index contributed by atoms with van der Waals surface area (Å²) in [5.41, 5.74) is 7.57. The zero-order valence-corrected chi connectivity index (χ0v) is 10.1. The molecule has 0 amide bonds. The topological polar surface area (TPSA) is 48.1 Å². The van der Waals surface area contributed by atoms with E-state index >= 15 is 0 Å². The van der Waals surface area contributed by atoms with E-state index in [1.54, 1.807) is 7.11 Å². The van der Waals surface area contributed by atoms with Gasteiger partial charge in [-0.05, 0) is 37.9 Å². The van der Waals surface area contributed by atoms with Crippen molar-refractivity contribution in [3.63, 3.8) is 0 Å². The Balaban J connectivity index is 2.32. The molecule has 2 rings (SSSR count). The minimum Gasteiger partial charge on any atom is -0.496 e. The number of unbranched alkanes of at least 4 members (excludes halogenated alkanes) is 1. The summed E-state index contributed by atoms with van der Waals surface area (Å²) < 4.78 is 5.41. The highest BCUT2D eigenvalue weighted by Crippen LogP contribution is 2.25. The highest BCUT2D eigenvalue weighted by molar-refractivity contribution is 5.85. The van der Waals surface area contributed by atoms with Gasteiger partial charge in [0.15, 0.2) is 0 Å². The summed E-state index contributed by atoms with van der Waals surface area (Å²) in [4.78, 5) is 4.63. The van der Waals surface area contributed by atoms with Gasteiger partial charge in [0.25, 0.3) is 0 Å². The molecule has 0 atom stereocenters. The second-order valence-electron chi connectivity index (χ2n) is 4.08. The first kappa shape index (κ1) is 11.9. The second-order valence-corrected chi connectivity index (χ2v) is 4.08. The fraction of sp³-hybridized carbons (Fsp3) is 0.357. The van der Waals surface area contributed by atoms with Gasteiger partial charge >= 0.3 is 0 Å². The molecule has 0 saturated carbocycles. The summed E-state index contributed by atoms with van der Waals surface area (Å²) in [5.74, 6) is 0.901. The number of methoxy groups -OCH3 is 1. The predicted octanol–water partition coefficient (Wildman–Crippen LogP) is 2.52. The molecular weight excluding hydrogens is 212 g/mol. The zero-order chi connectivity index (χ0) is 12.1. The van der Waals surface area contributed by atoms with Gasteiger partial charge in [0.2, 0.25) is 0 Å². The minimum atomic E-state index is 0.741. The minimum absolute atomic E-state index is 0.741. The van der Waals surface area contributed by atoms with Gasteiger partial charge in [0, 0.05) is 17.1 Å². The molecule has 1 aromatic carbocycles. The summed E-state index contributed by atoms with van der Waals surface area (Å²) in [6.07, 6.45) is 3.07. The highest BCUT2D eigenvalue weighted by Gasteiger charge is 2.05. The van der Waals surface area contributed by atoms with Crippen molar-refractivity contribution < 1.29 is 4.74 Å². The summed E-state index contributed by atoms with van der Waals surface area (Å²) in [6.45, 7) is 0.741. The maximum Gasteiger partial charge on any atom is 0.130 e. The number of pyridine rings is 1. The number of rotatable bonds is 5. The van der Waals surface area contributed by atoms with Crippen LogP contribution in [0.5, 0.6) is 5.75 Å². The second kappa shape index (κ2) is 5.64. The van der Waals surface area contributed by atoms with Crippen LogP contribution in [0.2, 0.25) is 0 Å². The molecule has 1 heterocycles. The van der Waals surface area contributed by atoms with Crippen LogP contribution in [0.25, 0.3) is 10.9 Å². The average Bonchev–Trinajstić information content (AvgIpc) is 2.38. The van der Waals surface area contributed by atoms with Crippen LogP contribution in [-0.2, 0) is 6.42 Å². The lowest BCUT2D eigenvalue weighted by atomic mass is 10.1. The van der Waals surface area contributed by atoms with Crippen LogP contribution in [0.15, 0.2) is 30.3 Å². The van der Waals surface area contributed by atoms with E-state index in [1.165, 1.54) is 0 Å². The molecule has 17 heavy (non-hydrogen) atoms. The third-order valence-corrected chi connectivity index (χ3v) is 2.84. The summed E-state index contributed by atoms with van der Waals surface area (Å²) in [6, 6.07) is 10.1. The number of fused-ring (bicyclic) bond motifs is 1. The fourth-order valence-electron chi connectivity index (χ4n) is 1.94. The molecule has 0 aliphatic heterocycles. The summed E-state index contributed by atoms with van der Waals surface area (Å²) in [7, 11) is 1.70. The lowest BCUT2D eigenvalue weighted by Crippen LogP contribution is -2.00. The molecule has 0 spiro atoms. The molecule has 0 saturated heterocycles. The summed E-state index contributed by atoms with van der Waals surface area (Å²) >= 11 is 0. The van der Waals surface area contributed by atoms with Crippen LogP contribution in [0.3, 0.4) is 0 Å². The molecule has 0 unspecified atom stereocenters. The van der Waals surface area contributed by atoms with E-state index in [0.717, 1.165) is 48.2 Å². The van der Waals surface area contributed by atoms with Crippen molar-refractivity contribution in [1.29, 1.82) is 0 Å². The molecule has 3 heteroatoms. The number of para-hydroxylation sites is 1. The number of aryl methyl sites for hydroxylation is 1. The van der Waals surface area contributed by atoms with Gasteiger partial charge in [-0.15, -0.1) is 0 Å². The Morgan fingerprint density at radius 3 is 2.82 bits per heavy atom. The van der Waals surface area contributed by atoms with Crippen LogP contribution < -0.4 is 10.5 Å². The summed E-state index contributed by atoms with van der Waals surface area (Å²) in [5, 5.41) is 1.07. The molecule has 0 radical (unpaired) electrons. The maximum atomic E-state index is 5.49. The van der Waals surface area contributed by atoms with Crippen molar-refractivity contribution >= 4 is 10.9 Å². The first-order valence-corrected chi connectivity index (χ1v) is 5.98. The van der Waals surface area contributed by atoms with E-state index in [0.29, 0.717) is 0 Å². The maximum absolute atomic E-state index is 5.49. The number of hydrogen-bond acceptors (Lipinski definition) is 3. The molecule has 2 aromatic rings. The fourth-order valence-corrected chi connectivity index (χ4v) is 1.94. The van der Waals surface area contributed by atoms with E-state index in [9.17, 15) is 0 Å². The van der Waals surface area contributed by atoms with Crippen molar-refractivity contribution in [3.05, 3.63) is 36.0 Å². The van der Waals surface area contributed by atoms with E-state index in [-0.39, 0.29) is 0 Å². The molecular formula is C14H18N2O. The van der Waals surface area contributed by atoms with Gasteiger partial charge in [-0.3, -0.25) is 4.98 Å². The Bertz CT molecular complexity index is 497. The molecule has 3 nitrogen and oxygen atoms in total. The third-order valence-electron chi connectivity index (χ3n) is 2.84. The van der Waals surface area contributed by atoms with Gasteiger partial charge < -0.3 is 10.5 Å². The Morgan fingerprint density at radius 1 is 1.24 bits per heavy atom. The van der Waals surface area contributed by atoms with Crippen LogP contribution >= 0.6 is 0 Å². The molecule has 0 bridgehead atoms. The Hall–Kier alpha value is -1.61. The number of aromatic nitrogens is 1. The normalized spacial score (nSPS) is 10.7. The van der Waals surface area contributed by atoms with E-state index < -0.39 is 0 Å². The van der Waals surface area contributed by atoms with Crippen LogP contribution in [0, 0.1) is 0 Å². The predicted molar refractivity (Wildman–Crippen MR) is 70.3 cm³/mol. The Labute approximate surface area is 102 Å². The average molecular weight is 230 g/mol. The number of nitrogens with zero attached hydrogens (tertiary/aromatic N) is 1. The van der Waals surface area contributed by atoms with Crippen molar-refractivity contribution in [2.24, 2.45) is 5.73 Å². The first-order valence-electron chi connectivity index (χ1n) is 5.98. The molecule has 1 aromatic heterocycles. The van der Waals surface area contributed by atoms with Gasteiger partial charge in [-0.25, -0.2) is 0 Å². The van der Waals surface area contributed by atoms with Crippen LogP contribution in [0.1, 0.15) is 18.5 Å². The van der Waals surface area contributed by atoms with E-state index in [2.05, 4.69) is 4.98 Å². The van der Waals surface area contributed by atoms with Crippen molar-refractivity contribution in [2.45, 2.75) is 19.3 Å². The molecule has 0 aliphatic rings. The Morgan fingerprint density at radius 2 is 2.06 bits per heavy atom. The van der Waals surface area contributed by atoms with Crippen LogP contribution in [0.4, 0.5) is 0 Å². The number of ether oxygens (including phenoxy) is 1. The monoisotopic (exact) mass is 230 g/mol. The lowest BCUT2D eigenvalue weighted by molar-refractivity contribution is 0.418. The molecule has 2 N–H and O–H groups in total. The van der Waals surface area contributed by atoms with E-state index in [1.807, 2.05) is 30.3 Å². The van der Waals surface area contributed by atoms with E-state index in [4.69, 9.17) is 10.5 Å². The SMILES string of the molecule is COc1cc(CCCCN)nc2ccccc12. The van der Waals surface area contributed by atoms with Crippen molar-refractivity contribution in [3.8, 4) is 5.75 Å². The first-order chi connectivity index (χ1) is 8.35. The van der Waals surface area contributed by atoms with Gasteiger partial charge in [-0.2, -0.15) is 0 Å². The lowest BCUT2D eigenvalue weighted by Gasteiger charge is -2.08. The van der Waals surface area contributed by atoms with Crippen molar-refractivity contribution in [2.75, 3.05) is 13.7 Å². The number of hydrogen-bond donors (Lipinski definition) is 1. The smallest absolute Gasteiger partial charge is 0.130 e. The van der Waals surface area contributed by atoms with Gasteiger partial charge in [0.05, 0.1) is 12.6 Å². The molecule has 90 valence electrons. The van der Waals surface area contributed by atoms with Gasteiger partial charge in [-0.1, -0.05) is 12.1 Å². The molecule has 0 aliphatic carbocycles. The third kappa shape index (κ3) is 2.74. The number of nitrogens with two attached hydrogens (primary N) is 1. The highest BCUT2D eigenvalue weighted by atomic mass is 16.5. The molecule has 0 fully saturated rings. The zero-order valence-electron chi connectivity index (χ0n) is 10.1. The Kier molecular flexibility index (Phi) is 3.94.